The number of benzene rings is 3. The molecule has 0 bridgehead atoms. The van der Waals surface area contributed by atoms with Crippen molar-refractivity contribution in [2.45, 2.75) is 6.54 Å². The van der Waals surface area contributed by atoms with Crippen molar-refractivity contribution in [1.29, 1.82) is 0 Å². The Morgan fingerprint density at radius 1 is 0.921 bits per heavy atom. The molecule has 0 unspecified atom stereocenters. The third-order valence-corrected chi connectivity index (χ3v) is 7.18. The van der Waals surface area contributed by atoms with Crippen LogP contribution in [0.1, 0.15) is 5.56 Å². The highest BCUT2D eigenvalue weighted by Crippen LogP contribution is 2.30. The van der Waals surface area contributed by atoms with Crippen LogP contribution in [-0.2, 0) is 16.4 Å². The van der Waals surface area contributed by atoms with Gasteiger partial charge in [-0.1, -0.05) is 24.3 Å². The van der Waals surface area contributed by atoms with E-state index in [1.807, 2.05) is 78.9 Å². The molecule has 2 aromatic heterocycles. The van der Waals surface area contributed by atoms with Crippen LogP contribution in [-0.4, -0.2) is 36.6 Å². The van der Waals surface area contributed by atoms with Crippen molar-refractivity contribution >= 4 is 32.2 Å². The van der Waals surface area contributed by atoms with E-state index in [-0.39, 0.29) is 11.6 Å². The largest absolute Gasteiger partial charge is 0.464 e. The number of aromatic nitrogens is 2. The Labute approximate surface area is 220 Å². The van der Waals surface area contributed by atoms with Crippen LogP contribution in [0.2, 0.25) is 0 Å². The Balaban J connectivity index is 1.25. The van der Waals surface area contributed by atoms with Crippen LogP contribution in [0.5, 0.6) is 11.5 Å². The Bertz CT molecular complexity index is 1620. The van der Waals surface area contributed by atoms with Gasteiger partial charge in [-0.3, -0.25) is 0 Å². The highest BCUT2D eigenvalue weighted by molar-refractivity contribution is 7.91. The van der Waals surface area contributed by atoms with Gasteiger partial charge in [0.25, 0.3) is 0 Å². The first-order chi connectivity index (χ1) is 18.5. The number of rotatable bonds is 11. The van der Waals surface area contributed by atoms with Gasteiger partial charge in [-0.05, 0) is 54.6 Å². The second kappa shape index (κ2) is 11.4. The van der Waals surface area contributed by atoms with Gasteiger partial charge in [-0.25, -0.2) is 18.4 Å². The Hall–Kier alpha value is -4.25. The Morgan fingerprint density at radius 3 is 2.50 bits per heavy atom. The fourth-order valence-corrected chi connectivity index (χ4v) is 4.46. The van der Waals surface area contributed by atoms with Gasteiger partial charge in [-0.15, -0.1) is 0 Å². The third-order valence-electron chi connectivity index (χ3n) is 5.84. The van der Waals surface area contributed by atoms with E-state index in [0.29, 0.717) is 24.7 Å². The molecule has 2 heterocycles. The third kappa shape index (κ3) is 6.35. The van der Waals surface area contributed by atoms with Gasteiger partial charge in [-0.2, -0.15) is 0 Å². The average molecular weight is 530 g/mol. The zero-order valence-electron chi connectivity index (χ0n) is 20.5. The molecule has 5 aromatic rings. The van der Waals surface area contributed by atoms with E-state index < -0.39 is 9.84 Å². The van der Waals surface area contributed by atoms with Gasteiger partial charge in [0.2, 0.25) is 0 Å². The van der Waals surface area contributed by atoms with E-state index in [4.69, 9.17) is 14.9 Å². The van der Waals surface area contributed by atoms with Crippen molar-refractivity contribution in [3.8, 4) is 22.8 Å². The highest BCUT2D eigenvalue weighted by atomic mass is 32.2. The summed E-state index contributed by atoms with van der Waals surface area (Å²) < 4.78 is 34.6. The molecule has 5 rings (SSSR count). The standard InChI is InChI=1S/C28H27N5O4S/c29-18-38(34,35)13-12-30-16-20-14-27(36-17-20)21-6-11-25-26(15-21)31-19-32-28(25)33-22-7-9-24(10-8-22)37-23-4-2-1-3-5-23/h1-11,14-15,17,19,30H,12-13,16,18,29H2,(H,31,32,33). The minimum absolute atomic E-state index is 0.000562. The minimum atomic E-state index is -3.20. The molecule has 0 aliphatic heterocycles. The van der Waals surface area contributed by atoms with Crippen molar-refractivity contribution in [1.82, 2.24) is 15.3 Å². The number of ether oxygens (including phenoxy) is 1. The lowest BCUT2D eigenvalue weighted by Crippen LogP contribution is -2.26. The predicted octanol–water partition coefficient (Wildman–Crippen LogP) is 4.85. The number of nitrogens with one attached hydrogen (secondary N) is 2. The van der Waals surface area contributed by atoms with Crippen LogP contribution < -0.4 is 21.1 Å². The van der Waals surface area contributed by atoms with Crippen LogP contribution in [0, 0.1) is 0 Å². The maximum Gasteiger partial charge on any atom is 0.164 e. The van der Waals surface area contributed by atoms with Gasteiger partial charge < -0.3 is 25.5 Å². The molecule has 0 fully saturated rings. The number of fused-ring (bicyclic) bond motifs is 1. The molecule has 0 aliphatic carbocycles. The minimum Gasteiger partial charge on any atom is -0.464 e. The number of furan rings is 1. The maximum absolute atomic E-state index is 11.5. The molecular formula is C28H27N5O4S. The smallest absolute Gasteiger partial charge is 0.164 e. The fraction of sp³-hybridized carbons (Fsp3) is 0.143. The number of hydrogen-bond donors (Lipinski definition) is 3. The molecule has 0 spiro atoms. The normalized spacial score (nSPS) is 11.5. The van der Waals surface area contributed by atoms with Crippen molar-refractivity contribution < 1.29 is 17.6 Å². The molecule has 0 atom stereocenters. The summed E-state index contributed by atoms with van der Waals surface area (Å²) in [4.78, 5) is 8.87. The van der Waals surface area contributed by atoms with E-state index in [1.54, 1.807) is 6.26 Å². The molecular weight excluding hydrogens is 502 g/mol. The summed E-state index contributed by atoms with van der Waals surface area (Å²) in [7, 11) is -3.20. The van der Waals surface area contributed by atoms with Crippen LogP contribution >= 0.6 is 0 Å². The molecule has 4 N–H and O–H groups in total. The van der Waals surface area contributed by atoms with Crippen molar-refractivity contribution in [3.63, 3.8) is 0 Å². The monoisotopic (exact) mass is 529 g/mol. The number of para-hydroxylation sites is 1. The van der Waals surface area contributed by atoms with Crippen molar-refractivity contribution in [3.05, 3.63) is 97.0 Å². The first kappa shape index (κ1) is 25.4. The summed E-state index contributed by atoms with van der Waals surface area (Å²) in [6.45, 7) is 0.814. The lowest BCUT2D eigenvalue weighted by Gasteiger charge is -2.10. The molecule has 38 heavy (non-hydrogen) atoms. The number of nitrogens with two attached hydrogens (primary N) is 1. The number of hydrogen-bond acceptors (Lipinski definition) is 9. The van der Waals surface area contributed by atoms with E-state index in [9.17, 15) is 8.42 Å². The first-order valence-electron chi connectivity index (χ1n) is 12.0. The second-order valence-electron chi connectivity index (χ2n) is 8.63. The van der Waals surface area contributed by atoms with Gasteiger partial charge in [0, 0.05) is 35.3 Å². The summed E-state index contributed by atoms with van der Waals surface area (Å²) in [5, 5.41) is 7.33. The Morgan fingerprint density at radius 2 is 1.71 bits per heavy atom. The van der Waals surface area contributed by atoms with E-state index in [0.717, 1.165) is 39.2 Å². The van der Waals surface area contributed by atoms with Crippen LogP contribution in [0.4, 0.5) is 11.5 Å². The highest BCUT2D eigenvalue weighted by Gasteiger charge is 2.11. The summed E-state index contributed by atoms with van der Waals surface area (Å²) in [5.74, 6) is 2.57. The average Bonchev–Trinajstić information content (AvgIpc) is 3.42. The quantitative estimate of drug-likeness (QED) is 0.205. The zero-order valence-corrected chi connectivity index (χ0v) is 21.3. The van der Waals surface area contributed by atoms with Crippen LogP contribution in [0.25, 0.3) is 22.2 Å². The topological polar surface area (TPSA) is 132 Å². The molecule has 194 valence electrons. The summed E-state index contributed by atoms with van der Waals surface area (Å²) in [6.07, 6.45) is 3.18. The summed E-state index contributed by atoms with van der Waals surface area (Å²) in [5.41, 5.74) is 8.67. The summed E-state index contributed by atoms with van der Waals surface area (Å²) >= 11 is 0. The molecule has 0 aliphatic rings. The van der Waals surface area contributed by atoms with Gasteiger partial charge >= 0.3 is 0 Å². The van der Waals surface area contributed by atoms with Crippen LogP contribution in [0.15, 0.2) is 95.9 Å². The van der Waals surface area contributed by atoms with Crippen molar-refractivity contribution in [2.75, 3.05) is 23.5 Å². The molecule has 0 radical (unpaired) electrons. The lowest BCUT2D eigenvalue weighted by atomic mass is 10.1. The SMILES string of the molecule is NCS(=O)(=O)CCNCc1coc(-c2ccc3c(Nc4ccc(Oc5ccccc5)cc4)ncnc3c2)c1. The maximum atomic E-state index is 11.5. The summed E-state index contributed by atoms with van der Waals surface area (Å²) in [6, 6.07) is 25.1. The van der Waals surface area contributed by atoms with Crippen molar-refractivity contribution in [2.24, 2.45) is 5.73 Å². The predicted molar refractivity (Wildman–Crippen MR) is 148 cm³/mol. The van der Waals surface area contributed by atoms with Gasteiger partial charge in [0.05, 0.1) is 23.4 Å². The van der Waals surface area contributed by atoms with E-state index in [2.05, 4.69) is 20.6 Å². The molecule has 3 aromatic carbocycles. The molecule has 0 saturated heterocycles. The van der Waals surface area contributed by atoms with E-state index in [1.165, 1.54) is 6.33 Å². The first-order valence-corrected chi connectivity index (χ1v) is 13.8. The van der Waals surface area contributed by atoms with Gasteiger partial charge in [0.15, 0.2) is 9.84 Å². The number of anilines is 2. The molecule has 0 amide bonds. The Kier molecular flexibility index (Phi) is 7.64. The van der Waals surface area contributed by atoms with Crippen LogP contribution in [0.3, 0.4) is 0 Å². The number of nitrogens with zero attached hydrogens (tertiary/aromatic N) is 2. The lowest BCUT2D eigenvalue weighted by molar-refractivity contribution is 0.483. The second-order valence-corrected chi connectivity index (χ2v) is 10.9. The number of sulfone groups is 1. The zero-order chi connectivity index (χ0) is 26.4. The van der Waals surface area contributed by atoms with Gasteiger partial charge in [0.1, 0.15) is 29.4 Å². The molecule has 0 saturated carbocycles. The molecule has 10 heteroatoms. The fourth-order valence-electron chi connectivity index (χ4n) is 3.84. The van der Waals surface area contributed by atoms with E-state index >= 15 is 0 Å². The molecule has 9 nitrogen and oxygen atoms in total.